The van der Waals surface area contributed by atoms with E-state index in [4.69, 9.17) is 11.6 Å². The van der Waals surface area contributed by atoms with Gasteiger partial charge in [-0.1, -0.05) is 29.8 Å². The number of halogens is 1. The summed E-state index contributed by atoms with van der Waals surface area (Å²) in [4.78, 5) is 13.1. The maximum absolute atomic E-state index is 12.8. The highest BCUT2D eigenvalue weighted by Gasteiger charge is 2.20. The van der Waals surface area contributed by atoms with Crippen molar-refractivity contribution in [1.29, 1.82) is 0 Å². The Bertz CT molecular complexity index is 1240. The SMILES string of the molecule is CS(=O)(=NS(=O)(=O)c1ccc(CNC(=O)c2ccc(Cl)cc2)s1)c1ccccc1. The monoisotopic (exact) mass is 468 g/mol. The van der Waals surface area contributed by atoms with E-state index >= 15 is 0 Å². The Morgan fingerprint density at radius 3 is 2.31 bits per heavy atom. The van der Waals surface area contributed by atoms with Crippen LogP contribution in [0.25, 0.3) is 0 Å². The molecule has 1 N–H and O–H groups in total. The second kappa shape index (κ2) is 8.66. The Hall–Kier alpha value is -2.20. The van der Waals surface area contributed by atoms with Crippen LogP contribution in [-0.2, 0) is 26.3 Å². The largest absolute Gasteiger partial charge is 0.347 e. The molecular formula is C19H17ClN2O4S3. The van der Waals surface area contributed by atoms with Gasteiger partial charge in [-0.2, -0.15) is 8.42 Å². The van der Waals surface area contributed by atoms with Crippen LogP contribution in [0.1, 0.15) is 15.2 Å². The van der Waals surface area contributed by atoms with E-state index in [2.05, 4.69) is 9.08 Å². The first-order valence-electron chi connectivity index (χ1n) is 8.33. The molecule has 0 bridgehead atoms. The number of carbonyl (C=O) groups is 1. The number of carbonyl (C=O) groups excluding carboxylic acids is 1. The molecule has 3 aromatic rings. The summed E-state index contributed by atoms with van der Waals surface area (Å²) in [6.45, 7) is 0.155. The van der Waals surface area contributed by atoms with Crippen LogP contribution in [0, 0.1) is 0 Å². The molecule has 1 unspecified atom stereocenters. The molecule has 0 radical (unpaired) electrons. The third-order valence-electron chi connectivity index (χ3n) is 3.84. The van der Waals surface area contributed by atoms with Crippen LogP contribution in [0.2, 0.25) is 5.02 Å². The van der Waals surface area contributed by atoms with Crippen molar-refractivity contribution in [1.82, 2.24) is 5.32 Å². The summed E-state index contributed by atoms with van der Waals surface area (Å²) in [5.41, 5.74) is 0.447. The number of nitrogens with zero attached hydrogens (tertiary/aromatic N) is 1. The predicted molar refractivity (Wildman–Crippen MR) is 115 cm³/mol. The highest BCUT2D eigenvalue weighted by atomic mass is 35.5. The number of rotatable bonds is 6. The van der Waals surface area contributed by atoms with Gasteiger partial charge in [0.1, 0.15) is 4.21 Å². The molecule has 29 heavy (non-hydrogen) atoms. The summed E-state index contributed by atoms with van der Waals surface area (Å²) >= 11 is 6.78. The van der Waals surface area contributed by atoms with Gasteiger partial charge in [-0.25, -0.2) is 4.21 Å². The number of benzene rings is 2. The van der Waals surface area contributed by atoms with E-state index in [1.807, 2.05) is 0 Å². The molecule has 1 amide bonds. The van der Waals surface area contributed by atoms with E-state index in [9.17, 15) is 17.4 Å². The van der Waals surface area contributed by atoms with Crippen molar-refractivity contribution in [3.8, 4) is 0 Å². The third-order valence-corrected chi connectivity index (χ3v) is 9.57. The fraction of sp³-hybridized carbons (Fsp3) is 0.105. The first kappa shape index (κ1) is 21.5. The molecule has 2 aromatic carbocycles. The lowest BCUT2D eigenvalue weighted by Crippen LogP contribution is -2.22. The zero-order valence-corrected chi connectivity index (χ0v) is 18.4. The van der Waals surface area contributed by atoms with Crippen molar-refractivity contribution in [2.75, 3.05) is 6.26 Å². The van der Waals surface area contributed by atoms with Crippen LogP contribution in [0.3, 0.4) is 0 Å². The standard InChI is InChI=1S/C19H17ClN2O4S3/c1-28(24,17-5-3-2-4-6-17)22-29(25,26)18-12-11-16(27-18)13-21-19(23)14-7-9-15(20)10-8-14/h2-12H,13H2,1H3,(H,21,23). The topological polar surface area (TPSA) is 92.7 Å². The van der Waals surface area contributed by atoms with Crippen LogP contribution in [0.5, 0.6) is 0 Å². The first-order valence-corrected chi connectivity index (χ1v) is 12.9. The zero-order valence-electron chi connectivity index (χ0n) is 15.2. The molecule has 0 spiro atoms. The smallest absolute Gasteiger partial charge is 0.299 e. The summed E-state index contributed by atoms with van der Waals surface area (Å²) in [5, 5.41) is 3.25. The van der Waals surface area contributed by atoms with Gasteiger partial charge in [0.05, 0.1) is 16.3 Å². The molecule has 152 valence electrons. The van der Waals surface area contributed by atoms with Gasteiger partial charge >= 0.3 is 0 Å². The van der Waals surface area contributed by atoms with Crippen molar-refractivity contribution in [2.24, 2.45) is 3.77 Å². The van der Waals surface area contributed by atoms with Gasteiger partial charge in [-0.15, -0.1) is 15.1 Å². The quantitative estimate of drug-likeness (QED) is 0.587. The minimum Gasteiger partial charge on any atom is -0.347 e. The summed E-state index contributed by atoms with van der Waals surface area (Å²) in [6, 6.07) is 17.7. The molecule has 0 saturated heterocycles. The Kier molecular flexibility index (Phi) is 6.42. The number of hydrogen-bond donors (Lipinski definition) is 1. The van der Waals surface area contributed by atoms with E-state index in [-0.39, 0.29) is 16.7 Å². The van der Waals surface area contributed by atoms with Crippen molar-refractivity contribution >= 4 is 48.6 Å². The summed E-state index contributed by atoms with van der Waals surface area (Å²) in [5.74, 6) is -0.301. The van der Waals surface area contributed by atoms with Crippen molar-refractivity contribution in [3.63, 3.8) is 0 Å². The van der Waals surface area contributed by atoms with Crippen LogP contribution in [0.15, 0.2) is 79.6 Å². The summed E-state index contributed by atoms with van der Waals surface area (Å²) < 4.78 is 41.6. The molecule has 0 fully saturated rings. The molecule has 0 saturated carbocycles. The zero-order chi connectivity index (χ0) is 21.1. The summed E-state index contributed by atoms with van der Waals surface area (Å²) in [7, 11) is -7.21. The van der Waals surface area contributed by atoms with Gasteiger partial charge in [0.2, 0.25) is 0 Å². The number of nitrogens with one attached hydrogen (secondary N) is 1. The van der Waals surface area contributed by atoms with E-state index < -0.39 is 19.8 Å². The Balaban J connectivity index is 1.75. The average molecular weight is 469 g/mol. The molecule has 6 nitrogen and oxygen atoms in total. The third kappa shape index (κ3) is 5.45. The van der Waals surface area contributed by atoms with Crippen LogP contribution in [0.4, 0.5) is 0 Å². The van der Waals surface area contributed by atoms with Crippen LogP contribution >= 0.6 is 22.9 Å². The lowest BCUT2D eigenvalue weighted by Gasteiger charge is -2.04. The van der Waals surface area contributed by atoms with Gasteiger partial charge in [-0.3, -0.25) is 4.79 Å². The van der Waals surface area contributed by atoms with Crippen LogP contribution < -0.4 is 5.32 Å². The molecule has 0 aliphatic rings. The van der Waals surface area contributed by atoms with Gasteiger partial charge in [-0.05, 0) is 48.5 Å². The van der Waals surface area contributed by atoms with E-state index in [1.54, 1.807) is 60.7 Å². The summed E-state index contributed by atoms with van der Waals surface area (Å²) in [6.07, 6.45) is 1.29. The lowest BCUT2D eigenvalue weighted by molar-refractivity contribution is 0.0951. The maximum Gasteiger partial charge on any atom is 0.299 e. The van der Waals surface area contributed by atoms with Crippen molar-refractivity contribution in [3.05, 3.63) is 82.2 Å². The van der Waals surface area contributed by atoms with Crippen LogP contribution in [-0.4, -0.2) is 24.8 Å². The highest BCUT2D eigenvalue weighted by molar-refractivity contribution is 8.03. The number of sulfonamides is 1. The fourth-order valence-electron chi connectivity index (χ4n) is 2.40. The Morgan fingerprint density at radius 1 is 1.00 bits per heavy atom. The van der Waals surface area contributed by atoms with E-state index in [0.29, 0.717) is 20.4 Å². The first-order chi connectivity index (χ1) is 13.7. The second-order valence-corrected chi connectivity index (χ2v) is 12.0. The highest BCUT2D eigenvalue weighted by Crippen LogP contribution is 2.25. The van der Waals surface area contributed by atoms with Gasteiger partial charge in [0, 0.05) is 26.6 Å². The molecule has 0 aliphatic carbocycles. The fourth-order valence-corrected chi connectivity index (χ4v) is 7.26. The molecule has 3 rings (SSSR count). The number of hydrogen-bond acceptors (Lipinski definition) is 5. The minimum atomic E-state index is -4.10. The number of thiophene rings is 1. The molecule has 1 heterocycles. The van der Waals surface area contributed by atoms with Gasteiger partial charge in [0.15, 0.2) is 0 Å². The lowest BCUT2D eigenvalue weighted by atomic mass is 10.2. The van der Waals surface area contributed by atoms with Gasteiger partial charge in [0.25, 0.3) is 15.9 Å². The molecular weight excluding hydrogens is 452 g/mol. The molecule has 0 aliphatic heterocycles. The maximum atomic E-state index is 12.8. The van der Waals surface area contributed by atoms with Crippen molar-refractivity contribution in [2.45, 2.75) is 15.6 Å². The van der Waals surface area contributed by atoms with E-state index in [0.717, 1.165) is 11.3 Å². The second-order valence-electron chi connectivity index (χ2n) is 6.08. The predicted octanol–water partition coefficient (Wildman–Crippen LogP) is 4.18. The number of amides is 1. The average Bonchev–Trinajstić information content (AvgIpc) is 3.17. The molecule has 1 atom stereocenters. The Morgan fingerprint density at radius 2 is 1.66 bits per heavy atom. The minimum absolute atomic E-state index is 0.0289. The van der Waals surface area contributed by atoms with Crippen molar-refractivity contribution < 1.29 is 17.4 Å². The molecule has 10 heteroatoms. The van der Waals surface area contributed by atoms with Gasteiger partial charge < -0.3 is 5.32 Å². The normalized spacial score (nSPS) is 13.4. The molecule has 1 aromatic heterocycles. The Labute approximate surface area is 178 Å². The van der Waals surface area contributed by atoms with E-state index in [1.165, 1.54) is 12.3 Å².